The first-order valence-electron chi connectivity index (χ1n) is 8.45. The molecule has 0 aliphatic carbocycles. The molecule has 1 fully saturated rings. The Bertz CT molecular complexity index is 753. The van der Waals surface area contributed by atoms with Crippen LogP contribution < -0.4 is 0 Å². The van der Waals surface area contributed by atoms with Crippen molar-refractivity contribution in [1.29, 1.82) is 0 Å². The lowest BCUT2D eigenvalue weighted by atomic mass is 10.0. The average molecular weight is 343 g/mol. The van der Waals surface area contributed by atoms with Gasteiger partial charge in [-0.15, -0.1) is 0 Å². The fourth-order valence-corrected chi connectivity index (χ4v) is 4.74. The quantitative estimate of drug-likeness (QED) is 0.835. The minimum atomic E-state index is 0.129. The zero-order valence-electron chi connectivity index (χ0n) is 14.9. The second-order valence-electron chi connectivity index (χ2n) is 6.47. The summed E-state index contributed by atoms with van der Waals surface area (Å²) < 4.78 is 1.80. The zero-order chi connectivity index (χ0) is 17.3. The Morgan fingerprint density at radius 2 is 1.96 bits per heavy atom. The third-order valence-corrected chi connectivity index (χ3v) is 6.20. The number of hydrogen-bond acceptors (Lipinski definition) is 3. The van der Waals surface area contributed by atoms with Crippen molar-refractivity contribution in [3.63, 3.8) is 0 Å². The summed E-state index contributed by atoms with van der Waals surface area (Å²) in [5, 5.41) is 4.86. The number of nitrogens with zero attached hydrogens (tertiary/aromatic N) is 3. The van der Waals surface area contributed by atoms with Crippen LogP contribution in [0, 0.1) is 20.8 Å². The van der Waals surface area contributed by atoms with Gasteiger partial charge >= 0.3 is 0 Å². The maximum absolute atomic E-state index is 13.0. The van der Waals surface area contributed by atoms with Crippen molar-refractivity contribution in [1.82, 2.24) is 14.7 Å². The topological polar surface area (TPSA) is 38.1 Å². The SMILES string of the molecule is Cc1ccccc1C1CCN(C(=O)c2c(C)nn(C)c2C)CCS1. The molecule has 1 aliphatic rings. The van der Waals surface area contributed by atoms with Gasteiger partial charge in [0.05, 0.1) is 11.3 Å². The van der Waals surface area contributed by atoms with Gasteiger partial charge < -0.3 is 4.90 Å². The van der Waals surface area contributed by atoms with Crippen molar-refractivity contribution >= 4 is 17.7 Å². The summed E-state index contributed by atoms with van der Waals surface area (Å²) in [5.41, 5.74) is 5.30. The molecule has 3 rings (SSSR count). The molecule has 24 heavy (non-hydrogen) atoms. The van der Waals surface area contributed by atoms with Crippen LogP contribution in [0.4, 0.5) is 0 Å². The van der Waals surface area contributed by atoms with Gasteiger partial charge in [0, 0.05) is 36.8 Å². The Balaban J connectivity index is 1.76. The van der Waals surface area contributed by atoms with E-state index in [4.69, 9.17) is 0 Å². The molecule has 1 unspecified atom stereocenters. The fraction of sp³-hybridized carbons (Fsp3) is 0.474. The molecule has 1 amide bonds. The average Bonchev–Trinajstić information content (AvgIpc) is 2.73. The summed E-state index contributed by atoms with van der Waals surface area (Å²) in [4.78, 5) is 15.0. The Morgan fingerprint density at radius 3 is 2.62 bits per heavy atom. The second-order valence-corrected chi connectivity index (χ2v) is 7.78. The summed E-state index contributed by atoms with van der Waals surface area (Å²) in [7, 11) is 1.89. The number of carbonyl (C=O) groups is 1. The van der Waals surface area contributed by atoms with E-state index in [1.54, 1.807) is 4.68 Å². The van der Waals surface area contributed by atoms with Gasteiger partial charge in [-0.05, 0) is 38.3 Å². The second kappa shape index (κ2) is 7.01. The molecule has 1 aliphatic heterocycles. The molecule has 1 aromatic heterocycles. The number of carbonyl (C=O) groups excluding carboxylic acids is 1. The van der Waals surface area contributed by atoms with E-state index in [1.807, 2.05) is 37.6 Å². The molecule has 128 valence electrons. The number of thioether (sulfide) groups is 1. The minimum Gasteiger partial charge on any atom is -0.338 e. The summed E-state index contributed by atoms with van der Waals surface area (Å²) >= 11 is 1.97. The van der Waals surface area contributed by atoms with Crippen LogP contribution in [-0.2, 0) is 7.05 Å². The first-order valence-corrected chi connectivity index (χ1v) is 9.50. The van der Waals surface area contributed by atoms with Crippen molar-refractivity contribution in [2.45, 2.75) is 32.4 Å². The lowest BCUT2D eigenvalue weighted by molar-refractivity contribution is 0.0765. The van der Waals surface area contributed by atoms with Gasteiger partial charge in [0.1, 0.15) is 0 Å². The monoisotopic (exact) mass is 343 g/mol. The van der Waals surface area contributed by atoms with Gasteiger partial charge in [-0.1, -0.05) is 24.3 Å². The van der Waals surface area contributed by atoms with Gasteiger partial charge in [0.25, 0.3) is 5.91 Å². The van der Waals surface area contributed by atoms with E-state index in [1.165, 1.54) is 11.1 Å². The maximum atomic E-state index is 13.0. The van der Waals surface area contributed by atoms with Crippen LogP contribution in [0.25, 0.3) is 0 Å². The standard InChI is InChI=1S/C19H25N3OS/c1-13-7-5-6-8-16(13)17-9-10-22(11-12-24-17)19(23)18-14(2)20-21(4)15(18)3/h5-8,17H,9-12H2,1-4H3. The van der Waals surface area contributed by atoms with E-state index in [-0.39, 0.29) is 5.91 Å². The fourth-order valence-electron chi connectivity index (χ4n) is 3.41. The molecule has 1 saturated heterocycles. The van der Waals surface area contributed by atoms with Crippen molar-refractivity contribution in [3.05, 3.63) is 52.3 Å². The highest BCUT2D eigenvalue weighted by molar-refractivity contribution is 7.99. The van der Waals surface area contributed by atoms with Crippen LogP contribution in [0.5, 0.6) is 0 Å². The Labute approximate surface area is 148 Å². The van der Waals surface area contributed by atoms with Gasteiger partial charge in [0.15, 0.2) is 0 Å². The van der Waals surface area contributed by atoms with E-state index in [9.17, 15) is 4.79 Å². The normalized spacial score (nSPS) is 18.5. The van der Waals surface area contributed by atoms with Crippen LogP contribution in [0.1, 0.15) is 44.5 Å². The predicted octanol–water partition coefficient (Wildman–Crippen LogP) is 3.67. The summed E-state index contributed by atoms with van der Waals surface area (Å²) in [6, 6.07) is 8.59. The van der Waals surface area contributed by atoms with Gasteiger partial charge in [-0.3, -0.25) is 9.48 Å². The van der Waals surface area contributed by atoms with Gasteiger partial charge in [-0.2, -0.15) is 16.9 Å². The number of amides is 1. The number of rotatable bonds is 2. The maximum Gasteiger partial charge on any atom is 0.257 e. The van der Waals surface area contributed by atoms with Crippen molar-refractivity contribution < 1.29 is 4.79 Å². The largest absolute Gasteiger partial charge is 0.338 e. The van der Waals surface area contributed by atoms with Crippen LogP contribution in [0.2, 0.25) is 0 Å². The van der Waals surface area contributed by atoms with Crippen molar-refractivity contribution in [2.75, 3.05) is 18.8 Å². The highest BCUT2D eigenvalue weighted by Gasteiger charge is 2.26. The van der Waals surface area contributed by atoms with E-state index in [0.29, 0.717) is 5.25 Å². The van der Waals surface area contributed by atoms with Crippen LogP contribution in [0.15, 0.2) is 24.3 Å². The molecule has 2 aromatic rings. The molecule has 4 nitrogen and oxygen atoms in total. The van der Waals surface area contributed by atoms with E-state index in [2.05, 4.69) is 36.3 Å². The molecule has 0 N–H and O–H groups in total. The molecule has 1 aromatic carbocycles. The first kappa shape index (κ1) is 17.1. The zero-order valence-corrected chi connectivity index (χ0v) is 15.7. The molecule has 1 atom stereocenters. The molecule has 0 radical (unpaired) electrons. The molecule has 0 saturated carbocycles. The summed E-state index contributed by atoms with van der Waals surface area (Å²) in [6.07, 6.45) is 1.000. The van der Waals surface area contributed by atoms with Gasteiger partial charge in [0.2, 0.25) is 0 Å². The molecule has 5 heteroatoms. The molecule has 0 spiro atoms. The molecule has 0 bridgehead atoms. The summed E-state index contributed by atoms with van der Waals surface area (Å²) in [5.74, 6) is 1.10. The third-order valence-electron chi connectivity index (χ3n) is 4.89. The van der Waals surface area contributed by atoms with Crippen LogP contribution in [-0.4, -0.2) is 39.4 Å². The van der Waals surface area contributed by atoms with E-state index < -0.39 is 0 Å². The number of aromatic nitrogens is 2. The van der Waals surface area contributed by atoms with E-state index >= 15 is 0 Å². The summed E-state index contributed by atoms with van der Waals surface area (Å²) in [6.45, 7) is 7.67. The smallest absolute Gasteiger partial charge is 0.257 e. The van der Waals surface area contributed by atoms with Crippen molar-refractivity contribution in [2.24, 2.45) is 7.05 Å². The van der Waals surface area contributed by atoms with Crippen LogP contribution >= 0.6 is 11.8 Å². The predicted molar refractivity (Wildman–Crippen MR) is 99.6 cm³/mol. The van der Waals surface area contributed by atoms with Gasteiger partial charge in [-0.25, -0.2) is 0 Å². The molecular weight excluding hydrogens is 318 g/mol. The Kier molecular flexibility index (Phi) is 4.99. The van der Waals surface area contributed by atoms with Crippen molar-refractivity contribution in [3.8, 4) is 0 Å². The number of hydrogen-bond donors (Lipinski definition) is 0. The number of benzene rings is 1. The Hall–Kier alpha value is -1.75. The highest BCUT2D eigenvalue weighted by Crippen LogP contribution is 2.36. The minimum absolute atomic E-state index is 0.129. The first-order chi connectivity index (χ1) is 11.5. The lowest BCUT2D eigenvalue weighted by Crippen LogP contribution is -2.33. The Morgan fingerprint density at radius 1 is 1.21 bits per heavy atom. The molecule has 2 heterocycles. The lowest BCUT2D eigenvalue weighted by Gasteiger charge is -2.21. The third kappa shape index (κ3) is 3.22. The number of aryl methyl sites for hydroxylation is 3. The van der Waals surface area contributed by atoms with E-state index in [0.717, 1.165) is 42.2 Å². The molecular formula is C19H25N3OS. The highest BCUT2D eigenvalue weighted by atomic mass is 32.2. The van der Waals surface area contributed by atoms with Crippen LogP contribution in [0.3, 0.4) is 0 Å².